The first-order valence-electron chi connectivity index (χ1n) is 7.41. The summed E-state index contributed by atoms with van der Waals surface area (Å²) in [6.07, 6.45) is 3.75. The standard InChI is InChI=1S/C16H19ClN2O2/c1-11-4-5-12(10-13(11)17)19-9-6-14(20)18-16(15(19)21)7-2-3-8-16/h4-5,10H,2-3,6-9H2,1H3,(H,18,20). The summed E-state index contributed by atoms with van der Waals surface area (Å²) < 4.78 is 0. The number of aryl methyl sites for hydroxylation is 1. The summed E-state index contributed by atoms with van der Waals surface area (Å²) in [6.45, 7) is 2.34. The zero-order valence-electron chi connectivity index (χ0n) is 12.1. The zero-order chi connectivity index (χ0) is 15.0. The third-order valence-corrected chi connectivity index (χ3v) is 4.93. The van der Waals surface area contributed by atoms with Gasteiger partial charge in [-0.1, -0.05) is 30.5 Å². The lowest BCUT2D eigenvalue weighted by atomic mass is 9.95. The average Bonchev–Trinajstić information content (AvgIpc) is 2.87. The van der Waals surface area contributed by atoms with Crippen molar-refractivity contribution in [3.63, 3.8) is 0 Å². The Morgan fingerprint density at radius 1 is 1.24 bits per heavy atom. The molecule has 1 saturated heterocycles. The molecular weight excluding hydrogens is 288 g/mol. The highest BCUT2D eigenvalue weighted by Gasteiger charge is 2.46. The maximum atomic E-state index is 13.0. The van der Waals surface area contributed by atoms with Crippen molar-refractivity contribution in [3.8, 4) is 0 Å². The number of carbonyl (C=O) groups is 2. The first-order valence-corrected chi connectivity index (χ1v) is 7.79. The third kappa shape index (κ3) is 2.53. The van der Waals surface area contributed by atoms with Gasteiger partial charge in [0.1, 0.15) is 5.54 Å². The quantitative estimate of drug-likeness (QED) is 0.867. The Kier molecular flexibility index (Phi) is 3.66. The molecule has 2 aliphatic rings. The topological polar surface area (TPSA) is 49.4 Å². The van der Waals surface area contributed by atoms with Gasteiger partial charge in [-0.2, -0.15) is 0 Å². The van der Waals surface area contributed by atoms with Gasteiger partial charge in [-0.3, -0.25) is 9.59 Å². The van der Waals surface area contributed by atoms with Crippen molar-refractivity contribution in [2.45, 2.75) is 44.6 Å². The summed E-state index contributed by atoms with van der Waals surface area (Å²) in [4.78, 5) is 26.7. The van der Waals surface area contributed by atoms with Gasteiger partial charge >= 0.3 is 0 Å². The largest absolute Gasteiger partial charge is 0.342 e. The van der Waals surface area contributed by atoms with Gasteiger partial charge in [-0.25, -0.2) is 0 Å². The van der Waals surface area contributed by atoms with E-state index in [-0.39, 0.29) is 11.8 Å². The predicted molar refractivity (Wildman–Crippen MR) is 82.5 cm³/mol. The van der Waals surface area contributed by atoms with Crippen molar-refractivity contribution < 1.29 is 9.59 Å². The van der Waals surface area contributed by atoms with Gasteiger partial charge in [0.05, 0.1) is 0 Å². The Hall–Kier alpha value is -1.55. The van der Waals surface area contributed by atoms with Crippen molar-refractivity contribution in [2.75, 3.05) is 11.4 Å². The number of halogens is 1. The van der Waals surface area contributed by atoms with Crippen LogP contribution in [0.15, 0.2) is 18.2 Å². The number of hydrogen-bond donors (Lipinski definition) is 1. The molecule has 21 heavy (non-hydrogen) atoms. The number of amides is 2. The molecule has 1 aliphatic heterocycles. The Labute approximate surface area is 129 Å². The molecule has 1 N–H and O–H groups in total. The van der Waals surface area contributed by atoms with E-state index in [4.69, 9.17) is 11.6 Å². The zero-order valence-corrected chi connectivity index (χ0v) is 12.9. The maximum absolute atomic E-state index is 13.0. The van der Waals surface area contributed by atoms with Crippen molar-refractivity contribution >= 4 is 29.1 Å². The minimum absolute atomic E-state index is 0.00534. The molecule has 0 atom stereocenters. The molecule has 0 radical (unpaired) electrons. The number of carbonyl (C=O) groups excluding carboxylic acids is 2. The highest BCUT2D eigenvalue weighted by atomic mass is 35.5. The molecule has 4 nitrogen and oxygen atoms in total. The number of hydrogen-bond acceptors (Lipinski definition) is 2. The average molecular weight is 307 g/mol. The fourth-order valence-corrected chi connectivity index (χ4v) is 3.44. The van der Waals surface area contributed by atoms with E-state index in [1.807, 2.05) is 25.1 Å². The van der Waals surface area contributed by atoms with E-state index < -0.39 is 5.54 Å². The molecule has 2 fully saturated rings. The highest BCUT2D eigenvalue weighted by molar-refractivity contribution is 6.31. The van der Waals surface area contributed by atoms with Crippen LogP contribution in [-0.2, 0) is 9.59 Å². The second-order valence-corrected chi connectivity index (χ2v) is 6.38. The summed E-state index contributed by atoms with van der Waals surface area (Å²) in [7, 11) is 0. The van der Waals surface area contributed by atoms with Crippen molar-refractivity contribution in [1.29, 1.82) is 0 Å². The lowest BCUT2D eigenvalue weighted by molar-refractivity contribution is -0.129. The molecule has 3 rings (SSSR count). The van der Waals surface area contributed by atoms with Crippen LogP contribution in [0.4, 0.5) is 5.69 Å². The summed E-state index contributed by atoms with van der Waals surface area (Å²) in [5.74, 6) is -0.0308. The third-order valence-electron chi connectivity index (χ3n) is 4.52. The van der Waals surface area contributed by atoms with E-state index in [0.29, 0.717) is 18.0 Å². The van der Waals surface area contributed by atoms with Gasteiger partial charge in [0.15, 0.2) is 0 Å². The molecule has 1 spiro atoms. The van der Waals surface area contributed by atoms with Gasteiger partial charge in [0.25, 0.3) is 5.91 Å². The van der Waals surface area contributed by atoms with Crippen LogP contribution in [0.25, 0.3) is 0 Å². The molecule has 1 aliphatic carbocycles. The molecule has 1 saturated carbocycles. The number of rotatable bonds is 1. The Morgan fingerprint density at radius 3 is 2.62 bits per heavy atom. The lowest BCUT2D eigenvalue weighted by Gasteiger charge is -2.32. The Balaban J connectivity index is 1.98. The number of anilines is 1. The van der Waals surface area contributed by atoms with Crippen molar-refractivity contribution in [1.82, 2.24) is 5.32 Å². The van der Waals surface area contributed by atoms with Crippen LogP contribution in [0.5, 0.6) is 0 Å². The molecule has 0 unspecified atom stereocenters. The van der Waals surface area contributed by atoms with E-state index >= 15 is 0 Å². The molecule has 0 aromatic heterocycles. The smallest absolute Gasteiger partial charge is 0.252 e. The Bertz CT molecular complexity index is 594. The van der Waals surface area contributed by atoms with Crippen molar-refractivity contribution in [2.24, 2.45) is 0 Å². The van der Waals surface area contributed by atoms with E-state index in [1.54, 1.807) is 4.90 Å². The first kappa shape index (κ1) is 14.4. The number of nitrogens with one attached hydrogen (secondary N) is 1. The highest BCUT2D eigenvalue weighted by Crippen LogP contribution is 2.35. The molecule has 1 heterocycles. The molecular formula is C16H19ClN2O2. The van der Waals surface area contributed by atoms with Crippen LogP contribution < -0.4 is 10.2 Å². The van der Waals surface area contributed by atoms with Crippen LogP contribution in [0, 0.1) is 6.92 Å². The summed E-state index contributed by atoms with van der Waals surface area (Å²) >= 11 is 6.18. The van der Waals surface area contributed by atoms with Gasteiger partial charge < -0.3 is 10.2 Å². The molecule has 112 valence electrons. The van der Waals surface area contributed by atoms with Crippen molar-refractivity contribution in [3.05, 3.63) is 28.8 Å². The van der Waals surface area contributed by atoms with E-state index in [2.05, 4.69) is 5.32 Å². The van der Waals surface area contributed by atoms with Gasteiger partial charge in [0, 0.05) is 23.7 Å². The SMILES string of the molecule is Cc1ccc(N2CCC(=O)NC3(CCCC3)C2=O)cc1Cl. The van der Waals surface area contributed by atoms with Crippen LogP contribution in [0.3, 0.4) is 0 Å². The maximum Gasteiger partial charge on any atom is 0.252 e. The van der Waals surface area contributed by atoms with Crippen LogP contribution in [-0.4, -0.2) is 23.9 Å². The van der Waals surface area contributed by atoms with Crippen LogP contribution in [0.2, 0.25) is 5.02 Å². The monoisotopic (exact) mass is 306 g/mol. The molecule has 1 aromatic carbocycles. The molecule has 1 aromatic rings. The van der Waals surface area contributed by atoms with Crippen LogP contribution >= 0.6 is 11.6 Å². The van der Waals surface area contributed by atoms with Gasteiger partial charge in [0.2, 0.25) is 5.91 Å². The second kappa shape index (κ2) is 5.34. The fraction of sp³-hybridized carbons (Fsp3) is 0.500. The van der Waals surface area contributed by atoms with E-state index in [9.17, 15) is 9.59 Å². The van der Waals surface area contributed by atoms with Crippen LogP contribution in [0.1, 0.15) is 37.7 Å². The predicted octanol–water partition coefficient (Wildman–Crippen LogP) is 2.81. The fourth-order valence-electron chi connectivity index (χ4n) is 3.27. The molecule has 0 bridgehead atoms. The van der Waals surface area contributed by atoms with E-state index in [1.165, 1.54) is 0 Å². The second-order valence-electron chi connectivity index (χ2n) is 5.98. The van der Waals surface area contributed by atoms with E-state index in [0.717, 1.165) is 36.9 Å². The molecule has 2 amide bonds. The van der Waals surface area contributed by atoms with Gasteiger partial charge in [-0.05, 0) is 37.5 Å². The summed E-state index contributed by atoms with van der Waals surface area (Å²) in [5.41, 5.74) is 1.05. The minimum atomic E-state index is -0.703. The Morgan fingerprint density at radius 2 is 1.95 bits per heavy atom. The molecule has 5 heteroatoms. The number of nitrogens with zero attached hydrogens (tertiary/aromatic N) is 1. The summed E-state index contributed by atoms with van der Waals surface area (Å²) in [5, 5.41) is 3.61. The number of benzene rings is 1. The van der Waals surface area contributed by atoms with Gasteiger partial charge in [-0.15, -0.1) is 0 Å². The first-order chi connectivity index (χ1) is 10.0. The lowest BCUT2D eigenvalue weighted by Crippen LogP contribution is -2.55. The minimum Gasteiger partial charge on any atom is -0.342 e. The summed E-state index contributed by atoms with van der Waals surface area (Å²) in [6, 6.07) is 5.62. The normalized spacial score (nSPS) is 21.5.